The summed E-state index contributed by atoms with van der Waals surface area (Å²) in [7, 11) is 1.49. The summed E-state index contributed by atoms with van der Waals surface area (Å²) >= 11 is 0. The molecule has 3 rings (SSSR count). The number of hydrogen-bond acceptors (Lipinski definition) is 4. The van der Waals surface area contributed by atoms with Gasteiger partial charge < -0.3 is 15.0 Å². The van der Waals surface area contributed by atoms with E-state index in [9.17, 15) is 4.79 Å². The van der Waals surface area contributed by atoms with Crippen molar-refractivity contribution in [1.82, 2.24) is 15.1 Å². The molecule has 3 aliphatic rings. The van der Waals surface area contributed by atoms with Crippen molar-refractivity contribution in [2.24, 2.45) is 0 Å². The van der Waals surface area contributed by atoms with Gasteiger partial charge in [-0.05, 0) is 45.2 Å². The second kappa shape index (κ2) is 5.67. The highest BCUT2D eigenvalue weighted by Gasteiger charge is 2.43. The lowest BCUT2D eigenvalue weighted by Crippen LogP contribution is -2.67. The molecule has 0 aromatic rings. The Bertz CT molecular complexity index is 331. The van der Waals surface area contributed by atoms with E-state index in [0.29, 0.717) is 18.1 Å². The van der Waals surface area contributed by atoms with Crippen LogP contribution in [0.25, 0.3) is 0 Å². The number of carbonyl (C=O) groups excluding carboxylic acids is 1. The lowest BCUT2D eigenvalue weighted by atomic mass is 9.83. The van der Waals surface area contributed by atoms with Gasteiger partial charge in [-0.25, -0.2) is 4.79 Å². The van der Waals surface area contributed by atoms with Crippen LogP contribution in [0.2, 0.25) is 0 Å². The van der Waals surface area contributed by atoms with Crippen LogP contribution < -0.4 is 5.32 Å². The van der Waals surface area contributed by atoms with Crippen molar-refractivity contribution < 1.29 is 9.53 Å². The zero-order chi connectivity index (χ0) is 13.2. The molecule has 0 spiro atoms. The third kappa shape index (κ3) is 2.46. The number of ether oxygens (including phenoxy) is 1. The Labute approximate surface area is 115 Å². The molecule has 2 heterocycles. The maximum atomic E-state index is 11.9. The Kier molecular flexibility index (Phi) is 3.93. The molecule has 3 atom stereocenters. The lowest BCUT2D eigenvalue weighted by Gasteiger charge is -2.49. The van der Waals surface area contributed by atoms with Crippen LogP contribution in [0.3, 0.4) is 0 Å². The highest BCUT2D eigenvalue weighted by atomic mass is 16.5. The van der Waals surface area contributed by atoms with E-state index < -0.39 is 0 Å². The van der Waals surface area contributed by atoms with E-state index in [1.54, 1.807) is 0 Å². The number of hydrogen-bond donors (Lipinski definition) is 1. The minimum atomic E-state index is -0.154. The van der Waals surface area contributed by atoms with Gasteiger partial charge in [0.05, 0.1) is 13.2 Å². The Balaban J connectivity index is 1.74. The van der Waals surface area contributed by atoms with Crippen LogP contribution in [-0.2, 0) is 4.74 Å². The Morgan fingerprint density at radius 1 is 1.11 bits per heavy atom. The summed E-state index contributed by atoms with van der Waals surface area (Å²) < 4.78 is 4.95. The normalized spacial score (nSPS) is 36.1. The molecule has 1 amide bonds. The zero-order valence-corrected chi connectivity index (χ0v) is 11.8. The second-order valence-electron chi connectivity index (χ2n) is 5.95. The van der Waals surface area contributed by atoms with Crippen LogP contribution in [0.5, 0.6) is 0 Å². The molecule has 5 nitrogen and oxygen atoms in total. The molecule has 0 aromatic carbocycles. The average molecular weight is 267 g/mol. The minimum absolute atomic E-state index is 0.154. The Hall–Kier alpha value is -0.810. The Morgan fingerprint density at radius 2 is 1.84 bits per heavy atom. The van der Waals surface area contributed by atoms with Gasteiger partial charge in [-0.15, -0.1) is 0 Å². The summed E-state index contributed by atoms with van der Waals surface area (Å²) in [6, 6.07) is 1.36. The van der Waals surface area contributed by atoms with Crippen molar-refractivity contribution in [3.63, 3.8) is 0 Å². The van der Waals surface area contributed by atoms with Crippen molar-refractivity contribution in [1.29, 1.82) is 0 Å². The first-order valence-electron chi connectivity index (χ1n) is 7.63. The number of likely N-dealkylation sites (tertiary alicyclic amines) is 1. The van der Waals surface area contributed by atoms with Crippen molar-refractivity contribution >= 4 is 6.09 Å². The Morgan fingerprint density at radius 3 is 2.58 bits per heavy atom. The van der Waals surface area contributed by atoms with Gasteiger partial charge in [0.2, 0.25) is 0 Å². The van der Waals surface area contributed by atoms with E-state index >= 15 is 0 Å². The smallest absolute Gasteiger partial charge is 0.409 e. The quantitative estimate of drug-likeness (QED) is 0.771. The maximum Gasteiger partial charge on any atom is 0.409 e. The molecule has 0 radical (unpaired) electrons. The molecular formula is C14H25N3O2. The van der Waals surface area contributed by atoms with Gasteiger partial charge in [-0.1, -0.05) is 0 Å². The van der Waals surface area contributed by atoms with Crippen LogP contribution in [0, 0.1) is 0 Å². The fourth-order valence-electron chi connectivity index (χ4n) is 4.12. The van der Waals surface area contributed by atoms with Crippen LogP contribution >= 0.6 is 0 Å². The standard InChI is InChI=1S/C14H25N3O2/c1-19-14(18)17-10-7-15-13-11(5-4-6-12(13)17)16-8-2-3-9-16/h11-13,15H,2-10H2,1H3/t11-,12-,13+/m0/s1. The van der Waals surface area contributed by atoms with Gasteiger partial charge >= 0.3 is 6.09 Å². The molecule has 0 unspecified atom stereocenters. The number of amides is 1. The highest BCUT2D eigenvalue weighted by molar-refractivity contribution is 5.68. The molecule has 1 saturated carbocycles. The monoisotopic (exact) mass is 267 g/mol. The molecule has 19 heavy (non-hydrogen) atoms. The van der Waals surface area contributed by atoms with Gasteiger partial charge in [0.1, 0.15) is 0 Å². The van der Waals surface area contributed by atoms with E-state index in [2.05, 4.69) is 10.2 Å². The number of nitrogens with one attached hydrogen (secondary N) is 1. The first-order chi connectivity index (χ1) is 9.31. The number of nitrogens with zero attached hydrogens (tertiary/aromatic N) is 2. The minimum Gasteiger partial charge on any atom is -0.453 e. The molecule has 3 fully saturated rings. The average Bonchev–Trinajstić information content (AvgIpc) is 2.99. The van der Waals surface area contributed by atoms with E-state index in [-0.39, 0.29) is 6.09 Å². The van der Waals surface area contributed by atoms with Gasteiger partial charge in [0, 0.05) is 25.2 Å². The van der Waals surface area contributed by atoms with Crippen molar-refractivity contribution in [3.8, 4) is 0 Å². The fourth-order valence-corrected chi connectivity index (χ4v) is 4.12. The first kappa shape index (κ1) is 13.2. The summed E-state index contributed by atoms with van der Waals surface area (Å²) in [6.07, 6.45) is 6.10. The predicted molar refractivity (Wildman–Crippen MR) is 73.1 cm³/mol. The zero-order valence-electron chi connectivity index (χ0n) is 11.8. The van der Waals surface area contributed by atoms with E-state index in [4.69, 9.17) is 4.74 Å². The molecule has 2 aliphatic heterocycles. The third-order valence-electron chi connectivity index (χ3n) is 4.98. The van der Waals surface area contributed by atoms with E-state index in [0.717, 1.165) is 19.5 Å². The molecule has 0 bridgehead atoms. The summed E-state index contributed by atoms with van der Waals surface area (Å²) in [6.45, 7) is 4.13. The summed E-state index contributed by atoms with van der Waals surface area (Å²) in [4.78, 5) is 16.5. The largest absolute Gasteiger partial charge is 0.453 e. The SMILES string of the molecule is COC(=O)N1CCN[C@@H]2[C@@H](N3CCCC3)CCC[C@@H]21. The second-order valence-corrected chi connectivity index (χ2v) is 5.95. The van der Waals surface area contributed by atoms with Gasteiger partial charge in [0.15, 0.2) is 0 Å². The summed E-state index contributed by atoms with van der Waals surface area (Å²) in [5.74, 6) is 0. The molecule has 0 aromatic heterocycles. The lowest BCUT2D eigenvalue weighted by molar-refractivity contribution is 0.0286. The molecule has 1 N–H and O–H groups in total. The number of piperazine rings is 1. The number of methoxy groups -OCH3 is 1. The van der Waals surface area contributed by atoms with E-state index in [1.807, 2.05) is 4.90 Å². The van der Waals surface area contributed by atoms with Gasteiger partial charge in [-0.3, -0.25) is 4.90 Å². The fraction of sp³-hybridized carbons (Fsp3) is 0.929. The molecule has 108 valence electrons. The predicted octanol–water partition coefficient (Wildman–Crippen LogP) is 1.04. The number of rotatable bonds is 1. The summed E-state index contributed by atoms with van der Waals surface area (Å²) in [5, 5.41) is 3.67. The van der Waals surface area contributed by atoms with Crippen LogP contribution in [0.15, 0.2) is 0 Å². The number of carbonyl (C=O) groups is 1. The van der Waals surface area contributed by atoms with Crippen molar-refractivity contribution in [2.45, 2.75) is 50.2 Å². The van der Waals surface area contributed by atoms with Crippen molar-refractivity contribution in [2.75, 3.05) is 33.3 Å². The molecule has 1 aliphatic carbocycles. The molecule has 5 heteroatoms. The first-order valence-corrected chi connectivity index (χ1v) is 7.63. The topological polar surface area (TPSA) is 44.8 Å². The van der Waals surface area contributed by atoms with Crippen LogP contribution in [-0.4, -0.2) is 67.3 Å². The van der Waals surface area contributed by atoms with Gasteiger partial charge in [-0.2, -0.15) is 0 Å². The maximum absolute atomic E-state index is 11.9. The van der Waals surface area contributed by atoms with E-state index in [1.165, 1.54) is 45.9 Å². The van der Waals surface area contributed by atoms with Gasteiger partial charge in [0.25, 0.3) is 0 Å². The van der Waals surface area contributed by atoms with Crippen LogP contribution in [0.1, 0.15) is 32.1 Å². The highest BCUT2D eigenvalue weighted by Crippen LogP contribution is 2.31. The third-order valence-corrected chi connectivity index (χ3v) is 4.98. The van der Waals surface area contributed by atoms with Crippen molar-refractivity contribution in [3.05, 3.63) is 0 Å². The molecule has 2 saturated heterocycles. The molecular weight excluding hydrogens is 242 g/mol. The van der Waals surface area contributed by atoms with Crippen LogP contribution in [0.4, 0.5) is 4.79 Å². The number of fused-ring (bicyclic) bond motifs is 1. The summed E-state index contributed by atoms with van der Waals surface area (Å²) in [5.41, 5.74) is 0.